The van der Waals surface area contributed by atoms with Gasteiger partial charge in [-0.2, -0.15) is 0 Å². The van der Waals surface area contributed by atoms with Crippen LogP contribution in [0.2, 0.25) is 0 Å². The smallest absolute Gasteiger partial charge is 0.371 e. The lowest BCUT2D eigenvalue weighted by molar-refractivity contribution is -0.349. The van der Waals surface area contributed by atoms with E-state index in [2.05, 4.69) is 0 Å². The summed E-state index contributed by atoms with van der Waals surface area (Å²) < 4.78 is 110. The number of carbonyl (C=O) groups is 5. The van der Waals surface area contributed by atoms with Crippen LogP contribution >= 0.6 is 76.0 Å². The molecule has 4 unspecified atom stereocenters. The molecule has 100 heavy (non-hydrogen) atoms. The van der Waals surface area contributed by atoms with Gasteiger partial charge in [-0.05, 0) is 15.2 Å². The lowest BCUT2D eigenvalue weighted by atomic mass is 10.6. The molecule has 5 rings (SSSR count). The third kappa shape index (κ3) is 25.9. The van der Waals surface area contributed by atoms with Crippen LogP contribution < -0.4 is 39.1 Å². The first-order valence-corrected chi connectivity index (χ1v) is 41.1. The highest BCUT2D eigenvalue weighted by atomic mass is 31.3. The van der Waals surface area contributed by atoms with Crippen LogP contribution in [0.4, 0.5) is 0 Å². The Balaban J connectivity index is 0.000000625. The first kappa shape index (κ1) is 93.4. The number of nitrogens with zero attached hydrogens (tertiary/aromatic N) is 10. The summed E-state index contributed by atoms with van der Waals surface area (Å²) in [4.78, 5) is 257. The molecule has 5 heterocycles. The summed E-state index contributed by atoms with van der Waals surface area (Å²) in [6, 6.07) is 0. The zero-order chi connectivity index (χ0) is 78.8. The van der Waals surface area contributed by atoms with Gasteiger partial charge in [0.2, 0.25) is 10.2 Å². The molecule has 5 aliphatic heterocycles. The first-order chi connectivity index (χ1) is 44.3. The molecule has 55 nitrogen and oxygen atoms in total. The van der Waals surface area contributed by atoms with Gasteiger partial charge in [-0.25, -0.2) is 0 Å². The summed E-state index contributed by atoms with van der Waals surface area (Å²) in [5.74, 6) is -5.88. The van der Waals surface area contributed by atoms with Gasteiger partial charge >= 0.3 is 60.2 Å². The number of hydrogen-bond acceptors (Lipinski definition) is 38. The topological polar surface area (TPSA) is 918 Å². The number of aliphatic carboxylic acids is 5. The van der Waals surface area contributed by atoms with Crippen LogP contribution in [0.1, 0.15) is 0 Å². The Morgan fingerprint density at radius 1 is 0.260 bits per heavy atom. The average Bonchev–Trinajstić information content (AvgIpc) is 1.19. The second-order valence-corrected chi connectivity index (χ2v) is 40.4. The van der Waals surface area contributed by atoms with Crippen molar-refractivity contribution >= 4 is 106 Å². The minimum atomic E-state index is -6.15. The van der Waals surface area contributed by atoms with Gasteiger partial charge < -0.3 is 225 Å². The van der Waals surface area contributed by atoms with E-state index in [1.54, 1.807) is 0 Å². The van der Waals surface area contributed by atoms with Crippen molar-refractivity contribution < 1.29 is 219 Å². The minimum Gasteiger partial charge on any atom is -0.808 e. The highest BCUT2D eigenvalue weighted by molar-refractivity contribution is 7.73. The van der Waals surface area contributed by atoms with Crippen molar-refractivity contribution in [2.75, 3.05) is 98.8 Å². The fourth-order valence-electron chi connectivity index (χ4n) is 7.55. The van der Waals surface area contributed by atoms with E-state index in [1.807, 2.05) is 0 Å². The number of aliphatic hydroxyl groups is 5. The first-order valence-electron chi connectivity index (χ1n) is 25.3. The second-order valence-electron chi connectivity index (χ2n) is 20.8. The third-order valence-corrected chi connectivity index (χ3v) is 30.7. The highest BCUT2D eigenvalue weighted by Crippen LogP contribution is 2.69. The molecule has 580 valence electrons. The van der Waals surface area contributed by atoms with Crippen molar-refractivity contribution in [1.29, 1.82) is 0 Å². The molecule has 5 aliphatic rings. The summed E-state index contributed by atoms with van der Waals surface area (Å²) in [5.41, 5.74) is 0. The number of rotatable bonds is 30. The minimum absolute atomic E-state index is 0.186. The molecule has 0 saturated carbocycles. The predicted molar refractivity (Wildman–Crippen MR) is 303 cm³/mol. The number of β-amino-alcohol motifs (C(OH)–C–C–N with tert-alkyl or cyclic N) is 5. The quantitative estimate of drug-likeness (QED) is 0.0297. The molecule has 0 amide bonds. The van der Waals surface area contributed by atoms with Crippen molar-refractivity contribution in [2.45, 2.75) is 25.4 Å². The van der Waals surface area contributed by atoms with Crippen LogP contribution in [-0.2, 0) is 69.6 Å². The Labute approximate surface area is 558 Å². The number of hydrogen-bond donors (Lipinski definition) is 22. The monoisotopic (exact) mass is 1650 g/mol. The Kier molecular flexibility index (Phi) is 31.8. The van der Waals surface area contributed by atoms with Crippen LogP contribution in [0.3, 0.4) is 0 Å². The van der Waals surface area contributed by atoms with Crippen LogP contribution in [0.15, 0.2) is 62.0 Å². The van der Waals surface area contributed by atoms with E-state index in [-0.39, 0.29) is 33.3 Å². The fourth-order valence-corrected chi connectivity index (χ4v) is 17.6. The molecular weight excluding hydrogens is 1590 g/mol. The molecule has 65 heteroatoms. The van der Waals surface area contributed by atoms with Gasteiger partial charge in [0.15, 0.2) is 30.4 Å². The lowest BCUT2D eigenvalue weighted by Crippen LogP contribution is -2.52. The normalized spacial score (nSPS) is 19.7. The maximum atomic E-state index is 11.1. The molecule has 0 saturated heterocycles. The van der Waals surface area contributed by atoms with Crippen molar-refractivity contribution in [2.24, 2.45) is 0 Å². The molecule has 0 fully saturated rings. The molecule has 0 bridgehead atoms. The van der Waals surface area contributed by atoms with E-state index in [0.29, 0.717) is 0 Å². The predicted octanol–water partition coefficient (Wildman–Crippen LogP) is -14.5. The van der Waals surface area contributed by atoms with Gasteiger partial charge in [0, 0.05) is 62.0 Å². The number of carboxylic acid groups (broad SMARTS) is 5. The summed E-state index contributed by atoms with van der Waals surface area (Å²) >= 11 is 0. The van der Waals surface area contributed by atoms with E-state index < -0.39 is 197 Å². The van der Waals surface area contributed by atoms with E-state index >= 15 is 0 Å². The summed E-state index contributed by atoms with van der Waals surface area (Å²) in [5, 5.41) is 71.9. The standard InChI is InChI=1S/5C7H14N2O9P2/c5*10-6(11)3-8-1-2-9(5-8)4-7(12,19(13,14)15)20(16,17)18/h5*1-2,12H,3-5H2,(H,10,11)(H2,13,14,15)(H2,16,17,18)/p-8. The van der Waals surface area contributed by atoms with E-state index in [9.17, 15) is 134 Å². The van der Waals surface area contributed by atoms with Crippen LogP contribution in [0, 0.1) is 0 Å². The van der Waals surface area contributed by atoms with Crippen molar-refractivity contribution in [3.63, 3.8) is 0 Å². The number of carboxylic acids is 5. The molecule has 0 spiro atoms. The molecule has 0 aromatic heterocycles. The van der Waals surface area contributed by atoms with Crippen molar-refractivity contribution in [3.8, 4) is 0 Å². The van der Waals surface area contributed by atoms with Gasteiger partial charge in [0.25, 0.3) is 10.2 Å². The van der Waals surface area contributed by atoms with Gasteiger partial charge in [0.05, 0.1) is 66.1 Å². The molecule has 0 aliphatic carbocycles. The van der Waals surface area contributed by atoms with Crippen molar-refractivity contribution in [3.05, 3.63) is 62.0 Å². The zero-order valence-corrected chi connectivity index (χ0v) is 58.5. The molecule has 0 aromatic rings. The Hall–Kier alpha value is -4.65. The summed E-state index contributed by atoms with van der Waals surface area (Å²) in [6.45, 7) is -9.04. The Morgan fingerprint density at radius 3 is 0.510 bits per heavy atom. The lowest BCUT2D eigenvalue weighted by Gasteiger charge is -2.56. The van der Waals surface area contributed by atoms with Crippen LogP contribution in [-0.4, -0.2) is 313 Å². The van der Waals surface area contributed by atoms with Gasteiger partial charge in [-0.15, -0.1) is 0 Å². The molecule has 4 atom stereocenters. The van der Waals surface area contributed by atoms with Crippen LogP contribution in [0.5, 0.6) is 0 Å². The largest absolute Gasteiger partial charge is 0.808 e. The SMILES string of the molecule is O=C(O)CN1C=CN(CC(O)(P(=O)(O)O)P(=O)(O)O)C1.O=C(O)CN1C=CN(CC(O)(P(=O)(O)O)P(=O)(O)O)C1.O=C(O)CN1C=CN(CC(O)(P(=O)([O-])O)P(=O)([O-])O)C1.O=C(O)CN1C=CN(CC(O)(P(=O)([O-])O)P(=O)([O-])O)C1.O=C(O)CN1C=CN(CC(O)(P(=O)([O-])[O-])P(=O)([O-])[O-])C1. The van der Waals surface area contributed by atoms with Crippen LogP contribution in [0.25, 0.3) is 0 Å². The average molecular weight is 1650 g/mol. The van der Waals surface area contributed by atoms with Gasteiger partial charge in [-0.1, -0.05) is 0 Å². The van der Waals surface area contributed by atoms with E-state index in [0.717, 1.165) is 48.0 Å². The van der Waals surface area contributed by atoms with E-state index in [1.165, 1.54) is 63.0 Å². The zero-order valence-electron chi connectivity index (χ0n) is 49.6. The fraction of sp³-hybridized carbons (Fsp3) is 0.571. The highest BCUT2D eigenvalue weighted by Gasteiger charge is 2.62. The second kappa shape index (κ2) is 34.1. The maximum absolute atomic E-state index is 11.1. The summed E-state index contributed by atoms with van der Waals surface area (Å²) in [7, 11) is -57.8. The maximum Gasteiger partial charge on any atom is 0.371 e. The molecule has 22 N–H and O–H groups in total. The molecule has 0 radical (unpaired) electrons. The van der Waals surface area contributed by atoms with E-state index in [4.69, 9.17) is 84.3 Å². The molecular formula is C35H62N10O45P10-8. The van der Waals surface area contributed by atoms with Crippen molar-refractivity contribution in [1.82, 2.24) is 49.0 Å². The Bertz CT molecular complexity index is 2970. The van der Waals surface area contributed by atoms with Gasteiger partial charge in [-0.3, -0.25) is 42.2 Å². The van der Waals surface area contributed by atoms with Gasteiger partial charge in [0.1, 0.15) is 37.8 Å². The third-order valence-electron chi connectivity index (χ3n) is 12.6. The molecule has 0 aromatic carbocycles. The summed E-state index contributed by atoms with van der Waals surface area (Å²) in [6.07, 6.45) is 11.7. The Morgan fingerprint density at radius 2 is 0.390 bits per heavy atom.